The molecule has 1 nitrogen and oxygen atoms in total. The van der Waals surface area contributed by atoms with E-state index in [4.69, 9.17) is 4.74 Å². The molecule has 0 aliphatic carbocycles. The van der Waals surface area contributed by atoms with Gasteiger partial charge in [0.2, 0.25) is 0 Å². The maximum atomic E-state index is 5.38. The molecule has 2 heteroatoms. The average Bonchev–Trinajstić information content (AvgIpc) is 2.82. The Labute approximate surface area is 173 Å². The maximum Gasteiger partial charge on any atom is 0.189 e. The molecule has 0 amide bonds. The van der Waals surface area contributed by atoms with Crippen LogP contribution in [0.1, 0.15) is 5.56 Å². The van der Waals surface area contributed by atoms with Crippen molar-refractivity contribution in [3.05, 3.63) is 121 Å². The van der Waals surface area contributed by atoms with Crippen molar-refractivity contribution in [1.82, 2.24) is 0 Å². The van der Waals surface area contributed by atoms with Crippen LogP contribution in [0.3, 0.4) is 0 Å². The van der Waals surface area contributed by atoms with Gasteiger partial charge in [-0.05, 0) is 60.5 Å². The molecule has 0 N–H and O–H groups in total. The van der Waals surface area contributed by atoms with E-state index in [9.17, 15) is 0 Å². The van der Waals surface area contributed by atoms with Gasteiger partial charge < -0.3 is 4.74 Å². The molecule has 0 aliphatic rings. The average molecular weight is 393 g/mol. The van der Waals surface area contributed by atoms with Gasteiger partial charge >= 0.3 is 0 Å². The van der Waals surface area contributed by atoms with E-state index in [0.717, 1.165) is 11.3 Å². The van der Waals surface area contributed by atoms with Crippen LogP contribution in [0.2, 0.25) is 0 Å². The molecule has 0 saturated heterocycles. The quantitative estimate of drug-likeness (QED) is 0.350. The van der Waals surface area contributed by atoms with Crippen molar-refractivity contribution in [2.45, 2.75) is 0 Å². The molecule has 0 bridgehead atoms. The van der Waals surface area contributed by atoms with E-state index in [1.807, 2.05) is 24.3 Å². The number of hydrogen-bond acceptors (Lipinski definition) is 1. The largest absolute Gasteiger partial charge is 0.497 e. The van der Waals surface area contributed by atoms with E-state index in [1.165, 1.54) is 15.9 Å². The molecule has 0 spiro atoms. The minimum absolute atomic E-state index is 0.819. The van der Waals surface area contributed by atoms with Gasteiger partial charge in [-0.1, -0.05) is 60.7 Å². The van der Waals surface area contributed by atoms with Gasteiger partial charge in [0.1, 0.15) is 21.7 Å². The van der Waals surface area contributed by atoms with Gasteiger partial charge in [-0.2, -0.15) is 0 Å². The van der Waals surface area contributed by atoms with E-state index in [2.05, 4.69) is 103 Å². The minimum atomic E-state index is -2.14. The Kier molecular flexibility index (Phi) is 5.76. The molecule has 140 valence electrons. The zero-order valence-electron chi connectivity index (χ0n) is 16.3. The predicted molar refractivity (Wildman–Crippen MR) is 125 cm³/mol. The summed E-state index contributed by atoms with van der Waals surface area (Å²) in [5, 5.41) is 3.77. The first-order chi connectivity index (χ1) is 14.3. The van der Waals surface area contributed by atoms with Crippen molar-refractivity contribution in [2.75, 3.05) is 7.11 Å². The van der Waals surface area contributed by atoms with Crippen molar-refractivity contribution in [2.24, 2.45) is 0 Å². The molecular weight excluding hydrogens is 371 g/mol. The molecule has 0 atom stereocenters. The van der Waals surface area contributed by atoms with Crippen molar-refractivity contribution in [1.29, 1.82) is 0 Å². The van der Waals surface area contributed by atoms with Gasteiger partial charge in [-0.25, -0.2) is 0 Å². The molecule has 29 heavy (non-hydrogen) atoms. The fourth-order valence-corrected chi connectivity index (χ4v) is 6.88. The van der Waals surface area contributed by atoms with Crippen molar-refractivity contribution < 1.29 is 4.74 Å². The molecule has 0 unspecified atom stereocenters. The lowest BCUT2D eigenvalue weighted by Gasteiger charge is -2.21. The lowest BCUT2D eigenvalue weighted by Crippen LogP contribution is -2.29. The summed E-state index contributed by atoms with van der Waals surface area (Å²) in [7, 11) is -0.462. The summed E-state index contributed by atoms with van der Waals surface area (Å²) in [6.07, 6.45) is 0. The summed E-state index contributed by atoms with van der Waals surface area (Å²) in [5.41, 5.74) is 4.71. The van der Waals surface area contributed by atoms with Crippen LogP contribution < -0.4 is 20.7 Å². The van der Waals surface area contributed by atoms with Crippen LogP contribution in [0, 0.1) is 11.6 Å². The lowest BCUT2D eigenvalue weighted by atomic mass is 10.2. The van der Waals surface area contributed by atoms with Crippen LogP contribution >= 0.6 is 7.26 Å². The van der Waals surface area contributed by atoms with Gasteiger partial charge in [0.25, 0.3) is 0 Å². The molecule has 0 aromatic heterocycles. The first-order valence-electron chi connectivity index (χ1n) is 9.56. The summed E-state index contributed by atoms with van der Waals surface area (Å²) in [6, 6.07) is 39.9. The smallest absolute Gasteiger partial charge is 0.189 e. The maximum absolute atomic E-state index is 5.38. The molecule has 0 aliphatic heterocycles. The second-order valence-electron chi connectivity index (χ2n) is 6.65. The number of benzene rings is 4. The molecule has 4 rings (SSSR count). The van der Waals surface area contributed by atoms with E-state index in [1.54, 1.807) is 7.11 Å². The topological polar surface area (TPSA) is 9.23 Å². The first-order valence-corrected chi connectivity index (χ1v) is 11.3. The number of methoxy groups -OCH3 is 1. The number of rotatable bonds is 4. The summed E-state index contributed by atoms with van der Waals surface area (Å²) in [4.78, 5) is 0. The Morgan fingerprint density at radius 1 is 0.586 bits per heavy atom. The second kappa shape index (κ2) is 8.78. The summed E-state index contributed by atoms with van der Waals surface area (Å²) in [6.45, 7) is 0. The van der Waals surface area contributed by atoms with Crippen molar-refractivity contribution in [3.8, 4) is 17.3 Å². The zero-order chi connectivity index (χ0) is 19.9. The SMILES string of the molecule is COc1cccc(C#C[P+](c2ccccc2)(c2ccccc2)c2ccccc2)c1. The molecular formula is C27H22OP+. The van der Waals surface area contributed by atoms with Crippen LogP contribution in [0.25, 0.3) is 0 Å². The molecule has 0 saturated carbocycles. The fourth-order valence-electron chi connectivity index (χ4n) is 3.44. The summed E-state index contributed by atoms with van der Waals surface area (Å²) in [5.74, 6) is 4.29. The molecule has 0 heterocycles. The molecule has 4 aromatic carbocycles. The van der Waals surface area contributed by atoms with E-state index in [0.29, 0.717) is 0 Å². The highest BCUT2D eigenvalue weighted by Gasteiger charge is 2.44. The first kappa shape index (κ1) is 19.0. The second-order valence-corrected chi connectivity index (χ2v) is 9.76. The Hall–Kier alpha value is -3.33. The third-order valence-corrected chi connectivity index (χ3v) is 8.53. The third-order valence-electron chi connectivity index (χ3n) is 4.87. The van der Waals surface area contributed by atoms with Crippen molar-refractivity contribution in [3.63, 3.8) is 0 Å². The highest BCUT2D eigenvalue weighted by Crippen LogP contribution is 2.54. The lowest BCUT2D eigenvalue weighted by molar-refractivity contribution is 0.414. The van der Waals surface area contributed by atoms with Gasteiger partial charge in [0.15, 0.2) is 7.26 Å². The van der Waals surface area contributed by atoms with Gasteiger partial charge in [-0.15, -0.1) is 0 Å². The van der Waals surface area contributed by atoms with Gasteiger partial charge in [0, 0.05) is 5.56 Å². The number of hydrogen-bond donors (Lipinski definition) is 0. The van der Waals surface area contributed by atoms with E-state index >= 15 is 0 Å². The van der Waals surface area contributed by atoms with Crippen LogP contribution in [-0.2, 0) is 0 Å². The van der Waals surface area contributed by atoms with Crippen LogP contribution in [0.4, 0.5) is 0 Å². The highest BCUT2D eigenvalue weighted by atomic mass is 31.2. The summed E-state index contributed by atoms with van der Waals surface area (Å²) < 4.78 is 5.38. The monoisotopic (exact) mass is 393 g/mol. The van der Waals surface area contributed by atoms with Crippen molar-refractivity contribution >= 4 is 23.2 Å². The summed E-state index contributed by atoms with van der Waals surface area (Å²) >= 11 is 0. The van der Waals surface area contributed by atoms with E-state index < -0.39 is 7.26 Å². The molecule has 4 aromatic rings. The van der Waals surface area contributed by atoms with Crippen LogP contribution in [0.15, 0.2) is 115 Å². The van der Waals surface area contributed by atoms with Crippen LogP contribution in [-0.4, -0.2) is 7.11 Å². The van der Waals surface area contributed by atoms with Gasteiger partial charge in [0.05, 0.1) is 12.8 Å². The Balaban J connectivity index is 2.00. The van der Waals surface area contributed by atoms with Gasteiger partial charge in [-0.3, -0.25) is 0 Å². The minimum Gasteiger partial charge on any atom is -0.497 e. The zero-order valence-corrected chi connectivity index (χ0v) is 17.2. The Morgan fingerprint density at radius 3 is 1.52 bits per heavy atom. The molecule has 0 radical (unpaired) electrons. The third kappa shape index (κ3) is 3.95. The predicted octanol–water partition coefficient (Wildman–Crippen LogP) is 5.00. The Morgan fingerprint density at radius 2 is 1.07 bits per heavy atom. The number of ether oxygens (including phenoxy) is 1. The van der Waals surface area contributed by atoms with Crippen LogP contribution in [0.5, 0.6) is 5.75 Å². The standard InChI is InChI=1S/C27H22OP/c1-28-24-13-11-12-23(22-24)20-21-29(25-14-5-2-6-15-25,26-16-7-3-8-17-26)27-18-9-4-10-19-27/h2-19,22H,1H3/q+1. The fraction of sp³-hybridized carbons (Fsp3) is 0.0370. The van der Waals surface area contributed by atoms with E-state index in [-0.39, 0.29) is 0 Å². The normalized spacial score (nSPS) is 10.7. The molecule has 0 fully saturated rings. The highest BCUT2D eigenvalue weighted by molar-refractivity contribution is 7.99. The Bertz CT molecular complexity index is 1030.